The number of pyridine rings is 1. The van der Waals surface area contributed by atoms with E-state index in [0.29, 0.717) is 0 Å². The van der Waals surface area contributed by atoms with E-state index in [1.807, 2.05) is 12.4 Å². The van der Waals surface area contributed by atoms with Gasteiger partial charge in [0.05, 0.1) is 12.6 Å². The van der Waals surface area contributed by atoms with Gasteiger partial charge in [0.1, 0.15) is 5.69 Å². The maximum atomic E-state index is 4.36. The number of hydrogen-bond donors (Lipinski definition) is 0. The second-order valence-corrected chi connectivity index (χ2v) is 6.18. The molecule has 0 N–H and O–H groups in total. The zero-order chi connectivity index (χ0) is 16.7. The average Bonchev–Trinajstić information content (AvgIpc) is 2.89. The smallest absolute Gasteiger partial charge is 0.264 e. The van der Waals surface area contributed by atoms with Crippen LogP contribution >= 0.6 is 0 Å². The molecule has 2 aromatic carbocycles. The van der Waals surface area contributed by atoms with E-state index in [1.54, 1.807) is 0 Å². The Hall–Kier alpha value is -2.94. The van der Waals surface area contributed by atoms with Crippen LogP contribution in [0.25, 0.3) is 28.1 Å². The molecule has 0 aliphatic heterocycles. The van der Waals surface area contributed by atoms with Gasteiger partial charge in [0, 0.05) is 12.4 Å². The number of imidazole rings is 1. The second kappa shape index (κ2) is 5.60. The van der Waals surface area contributed by atoms with Gasteiger partial charge in [-0.2, -0.15) is 4.57 Å². The van der Waals surface area contributed by atoms with Crippen molar-refractivity contribution < 1.29 is 4.57 Å². The SMILES string of the molecule is Cc1ccncc1-c1n(-c2ccccc2C)c2ccccc2[n+]1C. The Morgan fingerprint density at radius 2 is 1.62 bits per heavy atom. The zero-order valence-electron chi connectivity index (χ0n) is 14.2. The molecule has 3 heteroatoms. The molecule has 4 rings (SSSR count). The number of aromatic nitrogens is 3. The van der Waals surface area contributed by atoms with Crippen molar-refractivity contribution in [3.05, 3.63) is 78.1 Å². The topological polar surface area (TPSA) is 21.7 Å². The molecule has 0 amide bonds. The van der Waals surface area contributed by atoms with Crippen molar-refractivity contribution in [1.29, 1.82) is 0 Å². The summed E-state index contributed by atoms with van der Waals surface area (Å²) in [6.07, 6.45) is 3.80. The fraction of sp³-hybridized carbons (Fsp3) is 0.143. The van der Waals surface area contributed by atoms with E-state index >= 15 is 0 Å². The monoisotopic (exact) mass is 314 g/mol. The number of fused-ring (bicyclic) bond motifs is 1. The predicted molar refractivity (Wildman–Crippen MR) is 97.2 cm³/mol. The van der Waals surface area contributed by atoms with Gasteiger partial charge in [-0.05, 0) is 49.2 Å². The molecule has 3 nitrogen and oxygen atoms in total. The van der Waals surface area contributed by atoms with Gasteiger partial charge in [0.2, 0.25) is 0 Å². The Kier molecular flexibility index (Phi) is 3.42. The lowest BCUT2D eigenvalue weighted by molar-refractivity contribution is -0.633. The molecule has 0 saturated heterocycles. The van der Waals surface area contributed by atoms with Gasteiger partial charge in [0.15, 0.2) is 11.0 Å². The molecule has 0 aliphatic rings. The molecule has 0 aliphatic carbocycles. The van der Waals surface area contributed by atoms with Gasteiger partial charge in [-0.3, -0.25) is 4.98 Å². The minimum absolute atomic E-state index is 1.15. The van der Waals surface area contributed by atoms with Crippen LogP contribution in [0.4, 0.5) is 0 Å². The lowest BCUT2D eigenvalue weighted by atomic mass is 10.1. The highest BCUT2D eigenvalue weighted by molar-refractivity contribution is 5.79. The summed E-state index contributed by atoms with van der Waals surface area (Å²) in [4.78, 5) is 4.36. The minimum Gasteiger partial charge on any atom is -0.264 e. The molecule has 2 heterocycles. The highest BCUT2D eigenvalue weighted by Gasteiger charge is 2.27. The van der Waals surface area contributed by atoms with Crippen LogP contribution < -0.4 is 4.57 Å². The molecule has 4 aromatic rings. The van der Waals surface area contributed by atoms with Crippen LogP contribution in [0, 0.1) is 13.8 Å². The largest absolute Gasteiger partial charge is 0.296 e. The van der Waals surface area contributed by atoms with Gasteiger partial charge < -0.3 is 0 Å². The third-order valence-corrected chi connectivity index (χ3v) is 4.65. The summed E-state index contributed by atoms with van der Waals surface area (Å²) in [6.45, 7) is 4.29. The Morgan fingerprint density at radius 3 is 2.42 bits per heavy atom. The first-order valence-electron chi connectivity index (χ1n) is 8.15. The van der Waals surface area contributed by atoms with Crippen LogP contribution in [0.3, 0.4) is 0 Å². The molecule has 0 atom stereocenters. The molecule has 24 heavy (non-hydrogen) atoms. The summed E-state index contributed by atoms with van der Waals surface area (Å²) in [7, 11) is 2.12. The van der Waals surface area contributed by atoms with Crippen molar-refractivity contribution in [2.45, 2.75) is 13.8 Å². The highest BCUT2D eigenvalue weighted by Crippen LogP contribution is 2.29. The van der Waals surface area contributed by atoms with Crippen LogP contribution in [0.1, 0.15) is 11.1 Å². The van der Waals surface area contributed by atoms with Crippen molar-refractivity contribution in [3.8, 4) is 17.1 Å². The molecule has 0 bridgehead atoms. The van der Waals surface area contributed by atoms with E-state index in [4.69, 9.17) is 0 Å². The van der Waals surface area contributed by atoms with Gasteiger partial charge in [0.25, 0.3) is 5.82 Å². The summed E-state index contributed by atoms with van der Waals surface area (Å²) in [5, 5.41) is 0. The summed E-state index contributed by atoms with van der Waals surface area (Å²) in [5.41, 5.74) is 7.23. The van der Waals surface area contributed by atoms with Crippen molar-refractivity contribution in [3.63, 3.8) is 0 Å². The zero-order valence-corrected chi connectivity index (χ0v) is 14.2. The second-order valence-electron chi connectivity index (χ2n) is 6.18. The number of para-hydroxylation sites is 3. The van der Waals surface area contributed by atoms with Crippen LogP contribution in [0.15, 0.2) is 67.0 Å². The van der Waals surface area contributed by atoms with Crippen molar-refractivity contribution >= 4 is 11.0 Å². The number of hydrogen-bond acceptors (Lipinski definition) is 1. The summed E-state index contributed by atoms with van der Waals surface area (Å²) < 4.78 is 4.60. The number of benzene rings is 2. The summed E-state index contributed by atoms with van der Waals surface area (Å²) >= 11 is 0. The van der Waals surface area contributed by atoms with Gasteiger partial charge in [-0.1, -0.05) is 30.3 Å². The first-order valence-corrected chi connectivity index (χ1v) is 8.15. The standard InChI is InChI=1S/C21H20N3/c1-15-12-13-22-14-17(15)21-23(3)19-10-6-7-11-20(19)24(21)18-9-5-4-8-16(18)2/h4-14H,1-3H3/q+1. The summed E-state index contributed by atoms with van der Waals surface area (Å²) in [5.74, 6) is 1.15. The molecule has 0 unspecified atom stereocenters. The van der Waals surface area contributed by atoms with E-state index < -0.39 is 0 Å². The van der Waals surface area contributed by atoms with Crippen molar-refractivity contribution in [2.75, 3.05) is 0 Å². The minimum atomic E-state index is 1.15. The number of nitrogens with zero attached hydrogens (tertiary/aromatic N) is 3. The predicted octanol–water partition coefficient (Wildman–Crippen LogP) is 4.13. The number of aryl methyl sites for hydroxylation is 3. The van der Waals surface area contributed by atoms with E-state index in [-0.39, 0.29) is 0 Å². The molecular formula is C21H20N3+. The number of rotatable bonds is 2. The molecule has 2 aromatic heterocycles. The Bertz CT molecular complexity index is 1040. The van der Waals surface area contributed by atoms with E-state index in [9.17, 15) is 0 Å². The molecule has 0 spiro atoms. The van der Waals surface area contributed by atoms with Crippen molar-refractivity contribution in [1.82, 2.24) is 9.55 Å². The molecule has 0 radical (unpaired) electrons. The average molecular weight is 314 g/mol. The van der Waals surface area contributed by atoms with Gasteiger partial charge in [-0.15, -0.1) is 0 Å². The normalized spacial score (nSPS) is 11.1. The van der Waals surface area contributed by atoms with Crippen LogP contribution in [0.5, 0.6) is 0 Å². The first-order chi connectivity index (χ1) is 11.7. The highest BCUT2D eigenvalue weighted by atomic mass is 15.2. The van der Waals surface area contributed by atoms with Crippen molar-refractivity contribution in [2.24, 2.45) is 7.05 Å². The Balaban J connectivity index is 2.18. The molecule has 118 valence electrons. The van der Waals surface area contributed by atoms with E-state index in [2.05, 4.69) is 89.6 Å². The Labute approximate surface area is 141 Å². The van der Waals surface area contributed by atoms with Gasteiger partial charge >= 0.3 is 0 Å². The lowest BCUT2D eigenvalue weighted by Gasteiger charge is -2.07. The van der Waals surface area contributed by atoms with Crippen LogP contribution in [-0.2, 0) is 7.05 Å². The van der Waals surface area contributed by atoms with E-state index in [0.717, 1.165) is 11.4 Å². The quantitative estimate of drug-likeness (QED) is 0.510. The maximum Gasteiger partial charge on any atom is 0.296 e. The molecule has 0 fully saturated rings. The molecule has 0 saturated carbocycles. The van der Waals surface area contributed by atoms with Crippen LogP contribution in [0.2, 0.25) is 0 Å². The fourth-order valence-electron chi connectivity index (χ4n) is 3.37. The maximum absolute atomic E-state index is 4.36. The first kappa shape index (κ1) is 14.6. The Morgan fingerprint density at radius 1 is 0.875 bits per heavy atom. The lowest BCUT2D eigenvalue weighted by Crippen LogP contribution is -2.30. The molecular weight excluding hydrogens is 294 g/mol. The third-order valence-electron chi connectivity index (χ3n) is 4.65. The summed E-state index contributed by atoms with van der Waals surface area (Å²) in [6, 6.07) is 19.1. The van der Waals surface area contributed by atoms with E-state index in [1.165, 1.54) is 27.8 Å². The fourth-order valence-corrected chi connectivity index (χ4v) is 3.37. The van der Waals surface area contributed by atoms with Gasteiger partial charge in [-0.25, -0.2) is 4.57 Å². The van der Waals surface area contributed by atoms with Crippen LogP contribution in [-0.4, -0.2) is 9.55 Å². The third kappa shape index (κ3) is 2.13.